The number of hydrogen-bond acceptors (Lipinski definition) is 3. The second kappa shape index (κ2) is 11.3. The average Bonchev–Trinajstić information content (AvgIpc) is 2.22. The summed E-state index contributed by atoms with van der Waals surface area (Å²) in [4.78, 5) is 4.15. The van der Waals surface area contributed by atoms with Crippen molar-refractivity contribution in [1.82, 2.24) is 5.32 Å². The van der Waals surface area contributed by atoms with E-state index in [4.69, 9.17) is 15.2 Å². The predicted octanol–water partition coefficient (Wildman–Crippen LogP) is 0.354. The number of nitrogens with zero attached hydrogens (tertiary/aromatic N) is 1. The molecule has 0 saturated heterocycles. The van der Waals surface area contributed by atoms with Crippen LogP contribution in [0.2, 0.25) is 0 Å². The molecule has 0 aliphatic carbocycles. The highest BCUT2D eigenvalue weighted by Gasteiger charge is 1.90. The minimum Gasteiger partial charge on any atom is -0.382 e. The summed E-state index contributed by atoms with van der Waals surface area (Å²) in [6.07, 6.45) is 2.01. The van der Waals surface area contributed by atoms with E-state index < -0.39 is 0 Å². The standard InChI is InChI=1S/C10H23N3O2/c1-3-12-10(11)13-6-4-5-7-15-9-8-14-2/h3-9H2,1-2H3,(H3,11,12,13). The van der Waals surface area contributed by atoms with Gasteiger partial charge in [0.2, 0.25) is 0 Å². The molecule has 0 amide bonds. The third-order valence-electron chi connectivity index (χ3n) is 1.77. The second-order valence-electron chi connectivity index (χ2n) is 3.11. The molecule has 90 valence electrons. The van der Waals surface area contributed by atoms with Crippen LogP contribution in [0.25, 0.3) is 0 Å². The lowest BCUT2D eigenvalue weighted by atomic mass is 10.3. The van der Waals surface area contributed by atoms with Crippen LogP contribution in [0.1, 0.15) is 19.8 Å². The van der Waals surface area contributed by atoms with Gasteiger partial charge in [-0.25, -0.2) is 0 Å². The molecular formula is C10H23N3O2. The van der Waals surface area contributed by atoms with E-state index in [9.17, 15) is 0 Å². The molecular weight excluding hydrogens is 194 g/mol. The first-order chi connectivity index (χ1) is 7.31. The van der Waals surface area contributed by atoms with Crippen molar-refractivity contribution in [2.24, 2.45) is 10.7 Å². The van der Waals surface area contributed by atoms with Crippen molar-refractivity contribution in [2.45, 2.75) is 19.8 Å². The van der Waals surface area contributed by atoms with Crippen molar-refractivity contribution in [3.8, 4) is 0 Å². The van der Waals surface area contributed by atoms with Crippen molar-refractivity contribution in [3.05, 3.63) is 0 Å². The lowest BCUT2D eigenvalue weighted by Crippen LogP contribution is -2.31. The molecule has 0 spiro atoms. The molecule has 0 aromatic heterocycles. The molecule has 0 aliphatic heterocycles. The summed E-state index contributed by atoms with van der Waals surface area (Å²) in [5, 5.41) is 2.94. The fourth-order valence-corrected chi connectivity index (χ4v) is 0.997. The molecule has 0 rings (SSSR count). The van der Waals surface area contributed by atoms with Gasteiger partial charge in [-0.2, -0.15) is 0 Å². The third kappa shape index (κ3) is 11.1. The summed E-state index contributed by atoms with van der Waals surface area (Å²) in [5.74, 6) is 0.526. The Balaban J connectivity index is 3.13. The largest absolute Gasteiger partial charge is 0.382 e. The molecule has 0 heterocycles. The van der Waals surface area contributed by atoms with Crippen LogP contribution < -0.4 is 11.1 Å². The molecule has 3 N–H and O–H groups in total. The van der Waals surface area contributed by atoms with Gasteiger partial charge in [0.25, 0.3) is 0 Å². The molecule has 0 unspecified atom stereocenters. The number of ether oxygens (including phenoxy) is 2. The van der Waals surface area contributed by atoms with E-state index in [1.807, 2.05) is 6.92 Å². The highest BCUT2D eigenvalue weighted by Crippen LogP contribution is 1.90. The first-order valence-corrected chi connectivity index (χ1v) is 5.41. The highest BCUT2D eigenvalue weighted by molar-refractivity contribution is 5.77. The summed E-state index contributed by atoms with van der Waals surface area (Å²) >= 11 is 0. The van der Waals surface area contributed by atoms with E-state index in [2.05, 4.69) is 10.3 Å². The molecule has 0 fully saturated rings. The van der Waals surface area contributed by atoms with Crippen LogP contribution in [-0.4, -0.2) is 46.0 Å². The van der Waals surface area contributed by atoms with E-state index in [-0.39, 0.29) is 0 Å². The molecule has 0 atom stereocenters. The zero-order valence-corrected chi connectivity index (χ0v) is 9.79. The summed E-state index contributed by atoms with van der Waals surface area (Å²) < 4.78 is 10.2. The third-order valence-corrected chi connectivity index (χ3v) is 1.77. The van der Waals surface area contributed by atoms with Gasteiger partial charge in [-0.1, -0.05) is 0 Å². The van der Waals surface area contributed by atoms with Crippen molar-refractivity contribution in [2.75, 3.05) is 40.0 Å². The van der Waals surface area contributed by atoms with Gasteiger partial charge in [0.1, 0.15) is 0 Å². The second-order valence-corrected chi connectivity index (χ2v) is 3.11. The van der Waals surface area contributed by atoms with Crippen LogP contribution >= 0.6 is 0 Å². The summed E-state index contributed by atoms with van der Waals surface area (Å²) in [5.41, 5.74) is 5.56. The van der Waals surface area contributed by atoms with Crippen LogP contribution in [0, 0.1) is 0 Å². The number of aliphatic imine (C=N–C) groups is 1. The number of nitrogens with one attached hydrogen (secondary N) is 1. The van der Waals surface area contributed by atoms with Crippen molar-refractivity contribution >= 4 is 5.96 Å². The number of methoxy groups -OCH3 is 1. The van der Waals surface area contributed by atoms with Gasteiger partial charge in [-0.3, -0.25) is 4.99 Å². The van der Waals surface area contributed by atoms with Gasteiger partial charge in [0.15, 0.2) is 5.96 Å². The van der Waals surface area contributed by atoms with Crippen LogP contribution in [0.15, 0.2) is 4.99 Å². The lowest BCUT2D eigenvalue weighted by molar-refractivity contribution is 0.0690. The van der Waals surface area contributed by atoms with E-state index in [1.54, 1.807) is 7.11 Å². The smallest absolute Gasteiger partial charge is 0.188 e. The van der Waals surface area contributed by atoms with Gasteiger partial charge < -0.3 is 20.5 Å². The fourth-order valence-electron chi connectivity index (χ4n) is 0.997. The highest BCUT2D eigenvalue weighted by atomic mass is 16.5. The summed E-state index contributed by atoms with van der Waals surface area (Å²) in [6, 6.07) is 0. The Bertz CT molecular complexity index is 163. The minimum absolute atomic E-state index is 0.526. The molecule has 0 aliphatic rings. The van der Waals surface area contributed by atoms with Gasteiger partial charge in [0, 0.05) is 26.8 Å². The maximum Gasteiger partial charge on any atom is 0.188 e. The molecule has 5 heteroatoms. The van der Waals surface area contributed by atoms with Crippen molar-refractivity contribution in [1.29, 1.82) is 0 Å². The molecule has 0 bridgehead atoms. The van der Waals surface area contributed by atoms with Gasteiger partial charge in [-0.05, 0) is 19.8 Å². The van der Waals surface area contributed by atoms with Crippen molar-refractivity contribution in [3.63, 3.8) is 0 Å². The summed E-state index contributed by atoms with van der Waals surface area (Å²) in [6.45, 7) is 5.65. The quantitative estimate of drug-likeness (QED) is 0.332. The Morgan fingerprint density at radius 1 is 1.27 bits per heavy atom. The van der Waals surface area contributed by atoms with E-state index in [0.29, 0.717) is 19.2 Å². The number of guanidine groups is 1. The van der Waals surface area contributed by atoms with Crippen molar-refractivity contribution < 1.29 is 9.47 Å². The van der Waals surface area contributed by atoms with Crippen LogP contribution in [0.5, 0.6) is 0 Å². The topological polar surface area (TPSA) is 68.9 Å². The zero-order valence-electron chi connectivity index (χ0n) is 9.79. The van der Waals surface area contributed by atoms with Gasteiger partial charge in [-0.15, -0.1) is 0 Å². The number of hydrogen-bond donors (Lipinski definition) is 2. The van der Waals surface area contributed by atoms with Crippen LogP contribution in [0.3, 0.4) is 0 Å². The first-order valence-electron chi connectivity index (χ1n) is 5.41. The SMILES string of the molecule is CCNC(N)=NCCCCOCCOC. The molecule has 0 aromatic carbocycles. The Morgan fingerprint density at radius 3 is 2.73 bits per heavy atom. The molecule has 15 heavy (non-hydrogen) atoms. The summed E-state index contributed by atoms with van der Waals surface area (Å²) in [7, 11) is 1.67. The Hall–Kier alpha value is -0.810. The molecule has 0 saturated carbocycles. The Labute approximate surface area is 92.0 Å². The average molecular weight is 217 g/mol. The van der Waals surface area contributed by atoms with Gasteiger partial charge in [0.05, 0.1) is 13.2 Å². The Morgan fingerprint density at radius 2 is 2.07 bits per heavy atom. The maximum atomic E-state index is 5.56. The first kappa shape index (κ1) is 14.2. The molecule has 0 aromatic rings. The van der Waals surface area contributed by atoms with E-state index >= 15 is 0 Å². The molecule has 5 nitrogen and oxygen atoms in total. The fraction of sp³-hybridized carbons (Fsp3) is 0.900. The lowest BCUT2D eigenvalue weighted by Gasteiger charge is -2.03. The van der Waals surface area contributed by atoms with Crippen LogP contribution in [0.4, 0.5) is 0 Å². The van der Waals surface area contributed by atoms with E-state index in [0.717, 1.165) is 32.5 Å². The zero-order chi connectivity index (χ0) is 11.4. The predicted molar refractivity (Wildman–Crippen MR) is 62.1 cm³/mol. The number of rotatable bonds is 9. The molecule has 0 radical (unpaired) electrons. The Kier molecular flexibility index (Phi) is 10.7. The maximum absolute atomic E-state index is 5.56. The number of nitrogens with two attached hydrogens (primary N) is 1. The van der Waals surface area contributed by atoms with Gasteiger partial charge >= 0.3 is 0 Å². The van der Waals surface area contributed by atoms with E-state index in [1.165, 1.54) is 0 Å². The van der Waals surface area contributed by atoms with Crippen LogP contribution in [-0.2, 0) is 9.47 Å². The number of unbranched alkanes of at least 4 members (excludes halogenated alkanes) is 1. The monoisotopic (exact) mass is 217 g/mol. The normalized spacial score (nSPS) is 11.7. The minimum atomic E-state index is 0.526.